The fourth-order valence-corrected chi connectivity index (χ4v) is 2.44. The molecule has 1 aliphatic heterocycles. The van der Waals surface area contributed by atoms with Crippen LogP contribution in [0.3, 0.4) is 0 Å². The Balaban J connectivity index is 1.67. The van der Waals surface area contributed by atoms with Crippen molar-refractivity contribution in [1.29, 1.82) is 0 Å². The van der Waals surface area contributed by atoms with Gasteiger partial charge in [0.05, 0.1) is 39.5 Å². The molecule has 0 aliphatic carbocycles. The first kappa shape index (κ1) is 14.9. The van der Waals surface area contributed by atoms with E-state index >= 15 is 0 Å². The van der Waals surface area contributed by atoms with Crippen LogP contribution in [-0.4, -0.2) is 62.8 Å². The van der Waals surface area contributed by atoms with Crippen molar-refractivity contribution >= 4 is 11.4 Å². The van der Waals surface area contributed by atoms with Crippen molar-refractivity contribution in [2.75, 3.05) is 64.9 Å². The molecule has 0 saturated carbocycles. The Morgan fingerprint density at radius 3 is 2.55 bits per heavy atom. The van der Waals surface area contributed by atoms with Crippen molar-refractivity contribution in [1.82, 2.24) is 4.90 Å². The maximum Gasteiger partial charge on any atom is 0.142 e. The summed E-state index contributed by atoms with van der Waals surface area (Å²) in [7, 11) is 4.59. The van der Waals surface area contributed by atoms with Gasteiger partial charge in [-0.15, -0.1) is 0 Å². The van der Waals surface area contributed by atoms with Crippen LogP contribution in [-0.2, 0) is 0 Å². The molecule has 1 aliphatic rings. The first-order valence-electron chi connectivity index (χ1n) is 7.28. The Labute approximate surface area is 121 Å². The van der Waals surface area contributed by atoms with Crippen LogP contribution in [0.15, 0.2) is 18.2 Å². The lowest BCUT2D eigenvalue weighted by atomic mass is 10.2. The van der Waals surface area contributed by atoms with Crippen LogP contribution >= 0.6 is 0 Å². The molecule has 1 heterocycles. The molecule has 112 valence electrons. The molecule has 0 spiro atoms. The number of nitrogens with two attached hydrogens (primary N) is 2. The van der Waals surface area contributed by atoms with Crippen LogP contribution in [0.2, 0.25) is 0 Å². The van der Waals surface area contributed by atoms with Gasteiger partial charge in [0.2, 0.25) is 0 Å². The molecule has 1 aromatic rings. The Morgan fingerprint density at radius 2 is 1.90 bits per heavy atom. The highest BCUT2D eigenvalue weighted by Crippen LogP contribution is 2.23. The summed E-state index contributed by atoms with van der Waals surface area (Å²) in [5, 5.41) is 0. The minimum Gasteiger partial charge on any atom is -0.491 e. The lowest BCUT2D eigenvalue weighted by Crippen LogP contribution is -2.54. The largest absolute Gasteiger partial charge is 0.491 e. The summed E-state index contributed by atoms with van der Waals surface area (Å²) in [5.74, 6) is 0.732. The molecule has 0 aromatic heterocycles. The average Bonchev–Trinajstić information content (AvgIpc) is 2.38. The highest BCUT2D eigenvalue weighted by atomic mass is 16.5. The van der Waals surface area contributed by atoms with E-state index in [1.165, 1.54) is 26.2 Å². The second kappa shape index (κ2) is 6.33. The van der Waals surface area contributed by atoms with Crippen LogP contribution < -0.4 is 16.2 Å². The average molecular weight is 279 g/mol. The number of hydrogen-bond donors (Lipinski definition) is 2. The van der Waals surface area contributed by atoms with E-state index in [1.54, 1.807) is 6.07 Å². The van der Waals surface area contributed by atoms with Gasteiger partial charge in [-0.05, 0) is 24.6 Å². The van der Waals surface area contributed by atoms with Crippen molar-refractivity contribution < 1.29 is 9.22 Å². The summed E-state index contributed by atoms with van der Waals surface area (Å²) in [4.78, 5) is 2.51. The van der Waals surface area contributed by atoms with E-state index in [1.807, 2.05) is 12.1 Å². The third kappa shape index (κ3) is 4.28. The molecule has 0 unspecified atom stereocenters. The van der Waals surface area contributed by atoms with Gasteiger partial charge in [0, 0.05) is 25.3 Å². The molecular weight excluding hydrogens is 252 g/mol. The second-order valence-corrected chi connectivity index (χ2v) is 6.22. The number of nitrogen functional groups attached to an aromatic ring is 2. The molecule has 0 atom stereocenters. The molecule has 0 radical (unpaired) electrons. The lowest BCUT2D eigenvalue weighted by Gasteiger charge is -2.39. The van der Waals surface area contributed by atoms with Gasteiger partial charge in [-0.2, -0.15) is 0 Å². The molecule has 20 heavy (non-hydrogen) atoms. The standard InChI is InChI=1S/C15H27N4O/c1-19(2)9-7-18(8-10-19)6-3-11-20-15-5-4-13(16)12-14(15)17/h4-5,12H,3,6-11,16-17H2,1-2H3/q+1. The van der Waals surface area contributed by atoms with E-state index in [0.29, 0.717) is 18.0 Å². The maximum absolute atomic E-state index is 5.86. The van der Waals surface area contributed by atoms with Gasteiger partial charge < -0.3 is 20.7 Å². The van der Waals surface area contributed by atoms with E-state index in [9.17, 15) is 0 Å². The summed E-state index contributed by atoms with van der Waals surface area (Å²) in [5.41, 5.74) is 12.8. The van der Waals surface area contributed by atoms with Crippen molar-refractivity contribution in [2.24, 2.45) is 0 Å². The first-order valence-corrected chi connectivity index (χ1v) is 7.28. The Bertz CT molecular complexity index is 437. The summed E-state index contributed by atoms with van der Waals surface area (Å²) < 4.78 is 6.85. The van der Waals surface area contributed by atoms with Gasteiger partial charge >= 0.3 is 0 Å². The van der Waals surface area contributed by atoms with Gasteiger partial charge in [-0.25, -0.2) is 0 Å². The summed E-state index contributed by atoms with van der Waals surface area (Å²) in [6, 6.07) is 5.39. The zero-order valence-electron chi connectivity index (χ0n) is 12.6. The fraction of sp³-hybridized carbons (Fsp3) is 0.600. The molecule has 5 nitrogen and oxygen atoms in total. The Morgan fingerprint density at radius 1 is 1.20 bits per heavy atom. The number of likely N-dealkylation sites (N-methyl/N-ethyl adjacent to an activating group) is 1. The second-order valence-electron chi connectivity index (χ2n) is 6.22. The number of ether oxygens (including phenoxy) is 1. The number of hydrogen-bond acceptors (Lipinski definition) is 4. The quantitative estimate of drug-likeness (QED) is 0.480. The first-order chi connectivity index (χ1) is 9.46. The van der Waals surface area contributed by atoms with Crippen LogP contribution in [0.25, 0.3) is 0 Å². The van der Waals surface area contributed by atoms with E-state index in [2.05, 4.69) is 19.0 Å². The third-order valence-corrected chi connectivity index (χ3v) is 3.95. The van der Waals surface area contributed by atoms with Crippen molar-refractivity contribution in [3.05, 3.63) is 18.2 Å². The monoisotopic (exact) mass is 279 g/mol. The van der Waals surface area contributed by atoms with Crippen LogP contribution in [0.4, 0.5) is 11.4 Å². The highest BCUT2D eigenvalue weighted by Gasteiger charge is 2.23. The smallest absolute Gasteiger partial charge is 0.142 e. The number of benzene rings is 1. The molecule has 4 N–H and O–H groups in total. The zero-order valence-corrected chi connectivity index (χ0v) is 12.6. The lowest BCUT2D eigenvalue weighted by molar-refractivity contribution is -0.894. The maximum atomic E-state index is 5.86. The Kier molecular flexibility index (Phi) is 4.73. The van der Waals surface area contributed by atoms with E-state index in [4.69, 9.17) is 16.2 Å². The summed E-state index contributed by atoms with van der Waals surface area (Å²) >= 11 is 0. The van der Waals surface area contributed by atoms with Crippen LogP contribution in [0.1, 0.15) is 6.42 Å². The van der Waals surface area contributed by atoms with Gasteiger partial charge in [-0.1, -0.05) is 0 Å². The van der Waals surface area contributed by atoms with E-state index < -0.39 is 0 Å². The summed E-state index contributed by atoms with van der Waals surface area (Å²) in [6.45, 7) is 6.60. The third-order valence-electron chi connectivity index (χ3n) is 3.95. The number of quaternary nitrogens is 1. The van der Waals surface area contributed by atoms with E-state index in [0.717, 1.165) is 23.2 Å². The minimum atomic E-state index is 0.613. The number of anilines is 2. The zero-order chi connectivity index (χ0) is 14.6. The van der Waals surface area contributed by atoms with Gasteiger partial charge in [-0.3, -0.25) is 4.90 Å². The van der Waals surface area contributed by atoms with Gasteiger partial charge in [0.15, 0.2) is 0 Å². The number of rotatable bonds is 5. The normalized spacial score (nSPS) is 18.9. The molecule has 1 saturated heterocycles. The van der Waals surface area contributed by atoms with Gasteiger partial charge in [0.1, 0.15) is 5.75 Å². The highest BCUT2D eigenvalue weighted by molar-refractivity contribution is 5.60. The molecule has 0 bridgehead atoms. The SMILES string of the molecule is C[N+]1(C)CCN(CCCOc2ccc(N)cc2N)CC1. The molecule has 1 fully saturated rings. The molecule has 2 rings (SSSR count). The van der Waals surface area contributed by atoms with E-state index in [-0.39, 0.29) is 0 Å². The topological polar surface area (TPSA) is 64.5 Å². The van der Waals surface area contributed by atoms with Gasteiger partial charge in [0.25, 0.3) is 0 Å². The van der Waals surface area contributed by atoms with Crippen LogP contribution in [0, 0.1) is 0 Å². The minimum absolute atomic E-state index is 0.613. The molecule has 0 amide bonds. The number of nitrogens with zero attached hydrogens (tertiary/aromatic N) is 2. The van der Waals surface area contributed by atoms with Crippen molar-refractivity contribution in [2.45, 2.75) is 6.42 Å². The van der Waals surface area contributed by atoms with Crippen molar-refractivity contribution in [3.63, 3.8) is 0 Å². The molecular formula is C15H27N4O+. The predicted molar refractivity (Wildman–Crippen MR) is 83.7 cm³/mol. The number of piperazine rings is 1. The van der Waals surface area contributed by atoms with Crippen molar-refractivity contribution in [3.8, 4) is 5.75 Å². The molecule has 1 aromatic carbocycles. The summed E-state index contributed by atoms with van der Waals surface area (Å²) in [6.07, 6.45) is 1.03. The predicted octanol–water partition coefficient (Wildman–Crippen LogP) is 1.01. The Hall–Kier alpha value is -1.46. The fourth-order valence-electron chi connectivity index (χ4n) is 2.44. The molecule has 5 heteroatoms. The van der Waals surface area contributed by atoms with Crippen LogP contribution in [0.5, 0.6) is 5.75 Å².